The molecule has 1 fully saturated rings. The first-order valence-corrected chi connectivity index (χ1v) is 8.37. The molecule has 1 atom stereocenters. The lowest BCUT2D eigenvalue weighted by atomic mass is 10.1. The molecule has 6 heteroatoms. The van der Waals surface area contributed by atoms with Crippen LogP contribution in [0.15, 0.2) is 42.6 Å². The van der Waals surface area contributed by atoms with Gasteiger partial charge in [-0.05, 0) is 29.7 Å². The van der Waals surface area contributed by atoms with Crippen LogP contribution >= 0.6 is 0 Å². The van der Waals surface area contributed by atoms with Gasteiger partial charge >= 0.3 is 0 Å². The number of halogens is 1. The van der Waals surface area contributed by atoms with E-state index in [4.69, 9.17) is 4.74 Å². The average Bonchev–Trinajstić information content (AvgIpc) is 3.04. The third kappa shape index (κ3) is 5.00. The number of likely N-dealkylation sites (tertiary alicyclic amines) is 1. The molecule has 2 aromatic rings. The van der Waals surface area contributed by atoms with E-state index in [0.717, 1.165) is 37.2 Å². The number of carbonyl (C=O) groups excluding carboxylic acids is 1. The molecule has 25 heavy (non-hydrogen) atoms. The lowest BCUT2D eigenvalue weighted by molar-refractivity contribution is -0.121. The maximum atomic E-state index is 12.9. The fourth-order valence-corrected chi connectivity index (χ4v) is 3.04. The molecule has 1 saturated heterocycles. The van der Waals surface area contributed by atoms with Crippen LogP contribution in [0.2, 0.25) is 0 Å². The van der Waals surface area contributed by atoms with Gasteiger partial charge in [-0.25, -0.2) is 9.37 Å². The Morgan fingerprint density at radius 2 is 2.04 bits per heavy atom. The van der Waals surface area contributed by atoms with Crippen molar-refractivity contribution in [2.45, 2.75) is 25.4 Å². The standard InChI is InChI=1S/C19H22FN3O2/c1-25-19-7-4-15(11-21-19)12-23-9-8-17(13-23)22-18(24)10-14-2-5-16(20)6-3-14/h2-7,11,17H,8-10,12-13H2,1H3,(H,22,24). The van der Waals surface area contributed by atoms with Gasteiger partial charge in [0, 0.05) is 37.9 Å². The van der Waals surface area contributed by atoms with Gasteiger partial charge < -0.3 is 10.1 Å². The fourth-order valence-electron chi connectivity index (χ4n) is 3.04. The number of methoxy groups -OCH3 is 1. The summed E-state index contributed by atoms with van der Waals surface area (Å²) >= 11 is 0. The molecular formula is C19H22FN3O2. The van der Waals surface area contributed by atoms with Gasteiger partial charge in [-0.1, -0.05) is 18.2 Å². The summed E-state index contributed by atoms with van der Waals surface area (Å²) in [6.45, 7) is 2.57. The summed E-state index contributed by atoms with van der Waals surface area (Å²) in [6.07, 6.45) is 3.02. The number of benzene rings is 1. The highest BCUT2D eigenvalue weighted by Gasteiger charge is 2.23. The Hall–Kier alpha value is -2.47. The number of ether oxygens (including phenoxy) is 1. The minimum atomic E-state index is -0.288. The topological polar surface area (TPSA) is 54.5 Å². The van der Waals surface area contributed by atoms with Crippen molar-refractivity contribution in [3.8, 4) is 5.88 Å². The number of rotatable bonds is 6. The minimum Gasteiger partial charge on any atom is -0.481 e. The van der Waals surface area contributed by atoms with E-state index in [2.05, 4.69) is 15.2 Å². The van der Waals surface area contributed by atoms with Gasteiger partial charge in [0.15, 0.2) is 0 Å². The van der Waals surface area contributed by atoms with E-state index in [1.54, 1.807) is 19.2 Å². The highest BCUT2D eigenvalue weighted by Crippen LogP contribution is 2.15. The summed E-state index contributed by atoms with van der Waals surface area (Å²) in [5.74, 6) is 0.296. The predicted octanol–water partition coefficient (Wildman–Crippen LogP) is 2.16. The van der Waals surface area contributed by atoms with Crippen LogP contribution in [0.25, 0.3) is 0 Å². The van der Waals surface area contributed by atoms with Crippen LogP contribution in [-0.4, -0.2) is 42.0 Å². The predicted molar refractivity (Wildman–Crippen MR) is 92.7 cm³/mol. The number of carbonyl (C=O) groups is 1. The average molecular weight is 343 g/mol. The Morgan fingerprint density at radius 1 is 1.28 bits per heavy atom. The molecule has 1 aliphatic heterocycles. The van der Waals surface area contributed by atoms with E-state index in [1.165, 1.54) is 12.1 Å². The lowest BCUT2D eigenvalue weighted by Crippen LogP contribution is -2.37. The van der Waals surface area contributed by atoms with Crippen molar-refractivity contribution < 1.29 is 13.9 Å². The molecular weight excluding hydrogens is 321 g/mol. The lowest BCUT2D eigenvalue weighted by Gasteiger charge is -2.17. The maximum Gasteiger partial charge on any atom is 0.224 e. The molecule has 0 saturated carbocycles. The van der Waals surface area contributed by atoms with Crippen molar-refractivity contribution in [2.24, 2.45) is 0 Å². The van der Waals surface area contributed by atoms with Gasteiger partial charge in [0.25, 0.3) is 0 Å². The van der Waals surface area contributed by atoms with Crippen LogP contribution in [0.1, 0.15) is 17.5 Å². The Balaban J connectivity index is 1.45. The first kappa shape index (κ1) is 17.4. The zero-order valence-electron chi connectivity index (χ0n) is 14.2. The summed E-state index contributed by atoms with van der Waals surface area (Å²) < 4.78 is 18.0. The van der Waals surface area contributed by atoms with Crippen molar-refractivity contribution in [1.29, 1.82) is 0 Å². The van der Waals surface area contributed by atoms with E-state index in [1.807, 2.05) is 18.3 Å². The third-order valence-corrected chi connectivity index (χ3v) is 4.33. The van der Waals surface area contributed by atoms with Crippen molar-refractivity contribution in [1.82, 2.24) is 15.2 Å². The highest BCUT2D eigenvalue weighted by molar-refractivity contribution is 5.78. The summed E-state index contributed by atoms with van der Waals surface area (Å²) in [4.78, 5) is 18.7. The van der Waals surface area contributed by atoms with E-state index in [9.17, 15) is 9.18 Å². The first-order valence-electron chi connectivity index (χ1n) is 8.37. The summed E-state index contributed by atoms with van der Waals surface area (Å²) in [7, 11) is 1.60. The molecule has 3 rings (SSSR count). The number of hydrogen-bond acceptors (Lipinski definition) is 4. The van der Waals surface area contributed by atoms with Crippen molar-refractivity contribution in [2.75, 3.05) is 20.2 Å². The van der Waals surface area contributed by atoms with Crippen LogP contribution < -0.4 is 10.1 Å². The molecule has 0 aliphatic carbocycles. The Morgan fingerprint density at radius 3 is 2.72 bits per heavy atom. The van der Waals surface area contributed by atoms with E-state index in [0.29, 0.717) is 5.88 Å². The van der Waals surface area contributed by atoms with Crippen molar-refractivity contribution >= 4 is 5.91 Å². The molecule has 1 N–H and O–H groups in total. The number of hydrogen-bond donors (Lipinski definition) is 1. The molecule has 132 valence electrons. The second kappa shape index (κ2) is 8.07. The quantitative estimate of drug-likeness (QED) is 0.873. The summed E-state index contributed by atoms with van der Waals surface area (Å²) in [5.41, 5.74) is 1.94. The fraction of sp³-hybridized carbons (Fsp3) is 0.368. The second-order valence-corrected chi connectivity index (χ2v) is 6.30. The van der Waals surface area contributed by atoms with Crippen LogP contribution in [-0.2, 0) is 17.8 Å². The SMILES string of the molecule is COc1ccc(CN2CCC(NC(=O)Cc3ccc(F)cc3)C2)cn1. The molecule has 1 amide bonds. The summed E-state index contributed by atoms with van der Waals surface area (Å²) in [5, 5.41) is 3.07. The first-order chi connectivity index (χ1) is 12.1. The van der Waals surface area contributed by atoms with E-state index in [-0.39, 0.29) is 24.2 Å². The summed E-state index contributed by atoms with van der Waals surface area (Å²) in [6, 6.07) is 10.1. The minimum absolute atomic E-state index is 0.0235. The number of nitrogens with zero attached hydrogens (tertiary/aromatic N) is 2. The smallest absolute Gasteiger partial charge is 0.224 e. The largest absolute Gasteiger partial charge is 0.481 e. The Labute approximate surface area is 146 Å². The number of pyridine rings is 1. The molecule has 0 spiro atoms. The molecule has 1 aromatic carbocycles. The second-order valence-electron chi connectivity index (χ2n) is 6.30. The molecule has 0 bridgehead atoms. The molecule has 2 heterocycles. The number of aromatic nitrogens is 1. The van der Waals surface area contributed by atoms with Crippen molar-refractivity contribution in [3.63, 3.8) is 0 Å². The van der Waals surface area contributed by atoms with Gasteiger partial charge in [0.2, 0.25) is 11.8 Å². The van der Waals surface area contributed by atoms with Gasteiger partial charge in [0.1, 0.15) is 5.82 Å². The zero-order valence-corrected chi connectivity index (χ0v) is 14.2. The van der Waals surface area contributed by atoms with Gasteiger partial charge in [-0.15, -0.1) is 0 Å². The molecule has 1 aliphatic rings. The monoisotopic (exact) mass is 343 g/mol. The van der Waals surface area contributed by atoms with Crippen LogP contribution in [0.5, 0.6) is 5.88 Å². The highest BCUT2D eigenvalue weighted by atomic mass is 19.1. The number of amides is 1. The van der Waals surface area contributed by atoms with E-state index >= 15 is 0 Å². The molecule has 5 nitrogen and oxygen atoms in total. The third-order valence-electron chi connectivity index (χ3n) is 4.33. The van der Waals surface area contributed by atoms with Crippen molar-refractivity contribution in [3.05, 3.63) is 59.5 Å². The maximum absolute atomic E-state index is 12.9. The van der Waals surface area contributed by atoms with Gasteiger partial charge in [-0.3, -0.25) is 9.69 Å². The number of nitrogens with one attached hydrogen (secondary N) is 1. The molecule has 1 aromatic heterocycles. The Bertz CT molecular complexity index is 704. The van der Waals surface area contributed by atoms with Crippen LogP contribution in [0.3, 0.4) is 0 Å². The van der Waals surface area contributed by atoms with Crippen LogP contribution in [0.4, 0.5) is 4.39 Å². The molecule has 0 radical (unpaired) electrons. The zero-order chi connectivity index (χ0) is 17.6. The van der Waals surface area contributed by atoms with Gasteiger partial charge in [-0.2, -0.15) is 0 Å². The van der Waals surface area contributed by atoms with Crippen LogP contribution in [0, 0.1) is 5.82 Å². The Kier molecular flexibility index (Phi) is 5.60. The molecule has 1 unspecified atom stereocenters. The van der Waals surface area contributed by atoms with E-state index < -0.39 is 0 Å². The normalized spacial score (nSPS) is 17.4. The van der Waals surface area contributed by atoms with Gasteiger partial charge in [0.05, 0.1) is 13.5 Å².